The Balaban J connectivity index is 2.54. The third kappa shape index (κ3) is 2.37. The smallest absolute Gasteiger partial charge is 0.0487 e. The molecule has 1 N–H and O–H groups in total. The highest BCUT2D eigenvalue weighted by Gasteiger charge is 2.10. The van der Waals surface area contributed by atoms with Crippen LogP contribution in [0.1, 0.15) is 31.1 Å². The summed E-state index contributed by atoms with van der Waals surface area (Å²) in [5, 5.41) is 4.58. The van der Waals surface area contributed by atoms with Crippen LogP contribution in [0, 0.1) is 6.92 Å². The third-order valence-corrected chi connectivity index (χ3v) is 3.22. The van der Waals surface area contributed by atoms with Gasteiger partial charge >= 0.3 is 0 Å². The molecule has 0 saturated carbocycles. The van der Waals surface area contributed by atoms with E-state index in [1.54, 1.807) is 0 Å². The van der Waals surface area contributed by atoms with Gasteiger partial charge in [0.15, 0.2) is 0 Å². The fraction of sp³-hybridized carbons (Fsp3) is 0.467. The molecule has 0 saturated heterocycles. The van der Waals surface area contributed by atoms with Gasteiger partial charge in [0.05, 0.1) is 0 Å². The minimum atomic E-state index is 0.515. The van der Waals surface area contributed by atoms with Crippen molar-refractivity contribution in [2.45, 2.75) is 33.2 Å². The topological polar surface area (TPSA) is 17.0 Å². The van der Waals surface area contributed by atoms with Crippen molar-refractivity contribution < 1.29 is 0 Å². The molecule has 1 heterocycles. The molecule has 0 fully saturated rings. The van der Waals surface area contributed by atoms with E-state index in [-0.39, 0.29) is 0 Å². The quantitative estimate of drug-likeness (QED) is 0.853. The molecule has 0 aliphatic heterocycles. The van der Waals surface area contributed by atoms with E-state index < -0.39 is 0 Å². The molecule has 0 aliphatic rings. The molecule has 2 heteroatoms. The minimum absolute atomic E-state index is 0.515. The zero-order valence-electron chi connectivity index (χ0n) is 11.2. The molecule has 0 bridgehead atoms. The highest BCUT2D eigenvalue weighted by molar-refractivity contribution is 5.82. The maximum atomic E-state index is 3.22. The molecule has 0 atom stereocenters. The Labute approximate surface area is 104 Å². The summed E-state index contributed by atoms with van der Waals surface area (Å²) in [4.78, 5) is 0. The van der Waals surface area contributed by atoms with Crippen molar-refractivity contribution in [1.29, 1.82) is 0 Å². The summed E-state index contributed by atoms with van der Waals surface area (Å²) in [6, 6.07) is 9.55. The minimum Gasteiger partial charge on any atom is -0.342 e. The summed E-state index contributed by atoms with van der Waals surface area (Å²) in [7, 11) is 2.01. The molecule has 0 aliphatic carbocycles. The van der Waals surface area contributed by atoms with Gasteiger partial charge < -0.3 is 9.88 Å². The van der Waals surface area contributed by atoms with Crippen LogP contribution in [0.5, 0.6) is 0 Å². The van der Waals surface area contributed by atoms with Gasteiger partial charge in [0.25, 0.3) is 0 Å². The van der Waals surface area contributed by atoms with Crippen LogP contribution in [0.15, 0.2) is 24.3 Å². The van der Waals surface area contributed by atoms with Crippen LogP contribution in [0.4, 0.5) is 0 Å². The second-order valence-electron chi connectivity index (χ2n) is 5.02. The monoisotopic (exact) mass is 230 g/mol. The third-order valence-electron chi connectivity index (χ3n) is 3.22. The lowest BCUT2D eigenvalue weighted by molar-refractivity contribution is 0.587. The number of hydrogen-bond donors (Lipinski definition) is 1. The summed E-state index contributed by atoms with van der Waals surface area (Å²) in [5.74, 6) is 0. The number of fused-ring (bicyclic) bond motifs is 1. The number of rotatable bonds is 4. The Hall–Kier alpha value is -1.28. The van der Waals surface area contributed by atoms with Gasteiger partial charge in [0.1, 0.15) is 0 Å². The highest BCUT2D eigenvalue weighted by Crippen LogP contribution is 2.25. The van der Waals surface area contributed by atoms with Crippen LogP contribution < -0.4 is 5.32 Å². The molecule has 2 rings (SSSR count). The van der Waals surface area contributed by atoms with E-state index in [1.807, 2.05) is 7.05 Å². The van der Waals surface area contributed by atoms with Crippen molar-refractivity contribution in [3.8, 4) is 0 Å². The van der Waals surface area contributed by atoms with E-state index in [0.717, 1.165) is 13.0 Å². The normalized spacial score (nSPS) is 11.6. The molecule has 92 valence electrons. The Morgan fingerprint density at radius 3 is 2.65 bits per heavy atom. The first-order valence-corrected chi connectivity index (χ1v) is 6.38. The van der Waals surface area contributed by atoms with E-state index in [0.29, 0.717) is 6.04 Å². The molecule has 2 nitrogen and oxygen atoms in total. The second kappa shape index (κ2) is 4.92. The van der Waals surface area contributed by atoms with Crippen LogP contribution in [-0.4, -0.2) is 18.2 Å². The number of aryl methyl sites for hydroxylation is 1. The van der Waals surface area contributed by atoms with Crippen LogP contribution in [0.3, 0.4) is 0 Å². The van der Waals surface area contributed by atoms with Crippen molar-refractivity contribution in [3.05, 3.63) is 35.5 Å². The fourth-order valence-corrected chi connectivity index (χ4v) is 2.44. The van der Waals surface area contributed by atoms with Crippen molar-refractivity contribution in [3.63, 3.8) is 0 Å². The summed E-state index contributed by atoms with van der Waals surface area (Å²) >= 11 is 0. The molecule has 0 amide bonds. The van der Waals surface area contributed by atoms with Gasteiger partial charge in [-0.25, -0.2) is 0 Å². The summed E-state index contributed by atoms with van der Waals surface area (Å²) < 4.78 is 2.46. The Morgan fingerprint density at radius 1 is 1.24 bits per heavy atom. The van der Waals surface area contributed by atoms with Crippen molar-refractivity contribution >= 4 is 10.9 Å². The Bertz CT molecular complexity index is 509. The second-order valence-corrected chi connectivity index (χ2v) is 5.02. The van der Waals surface area contributed by atoms with E-state index in [4.69, 9.17) is 0 Å². The molecular weight excluding hydrogens is 208 g/mol. The first-order chi connectivity index (χ1) is 8.13. The van der Waals surface area contributed by atoms with Gasteiger partial charge in [-0.3, -0.25) is 0 Å². The molecule has 2 aromatic rings. The highest BCUT2D eigenvalue weighted by atomic mass is 15.0. The Morgan fingerprint density at radius 2 is 2.00 bits per heavy atom. The number of likely N-dealkylation sites (N-methyl/N-ethyl adjacent to an activating group) is 1. The SMILES string of the molecule is CNCCc1cc2ccc(C)cc2n1C(C)C. The largest absolute Gasteiger partial charge is 0.342 e. The molecule has 0 radical (unpaired) electrons. The van der Waals surface area contributed by atoms with Crippen LogP contribution in [0.2, 0.25) is 0 Å². The number of nitrogens with zero attached hydrogens (tertiary/aromatic N) is 1. The predicted molar refractivity (Wildman–Crippen MR) is 74.7 cm³/mol. The first-order valence-electron chi connectivity index (χ1n) is 6.38. The van der Waals surface area contributed by atoms with Crippen LogP contribution in [-0.2, 0) is 6.42 Å². The molecule has 0 unspecified atom stereocenters. The van der Waals surface area contributed by atoms with Gasteiger partial charge in [0, 0.05) is 30.2 Å². The van der Waals surface area contributed by atoms with Gasteiger partial charge in [-0.15, -0.1) is 0 Å². The van der Waals surface area contributed by atoms with E-state index in [1.165, 1.54) is 22.2 Å². The number of hydrogen-bond acceptors (Lipinski definition) is 1. The van der Waals surface area contributed by atoms with E-state index in [2.05, 4.69) is 54.9 Å². The van der Waals surface area contributed by atoms with Gasteiger partial charge in [0.2, 0.25) is 0 Å². The number of nitrogens with one attached hydrogen (secondary N) is 1. The van der Waals surface area contributed by atoms with Crippen molar-refractivity contribution in [2.75, 3.05) is 13.6 Å². The first kappa shape index (κ1) is 12.2. The van der Waals surface area contributed by atoms with E-state index >= 15 is 0 Å². The predicted octanol–water partition coefficient (Wildman–Crippen LogP) is 3.29. The molecule has 0 spiro atoms. The zero-order valence-corrected chi connectivity index (χ0v) is 11.2. The van der Waals surface area contributed by atoms with Crippen LogP contribution >= 0.6 is 0 Å². The van der Waals surface area contributed by atoms with E-state index in [9.17, 15) is 0 Å². The summed E-state index contributed by atoms with van der Waals surface area (Å²) in [6.45, 7) is 7.70. The van der Waals surface area contributed by atoms with Crippen LogP contribution in [0.25, 0.3) is 10.9 Å². The fourth-order valence-electron chi connectivity index (χ4n) is 2.44. The van der Waals surface area contributed by atoms with Crippen molar-refractivity contribution in [1.82, 2.24) is 9.88 Å². The van der Waals surface area contributed by atoms with Gasteiger partial charge in [-0.2, -0.15) is 0 Å². The lowest BCUT2D eigenvalue weighted by atomic mass is 10.2. The molecule has 1 aromatic heterocycles. The molecule has 17 heavy (non-hydrogen) atoms. The lowest BCUT2D eigenvalue weighted by Crippen LogP contribution is -2.14. The van der Waals surface area contributed by atoms with Gasteiger partial charge in [-0.05, 0) is 50.9 Å². The number of benzene rings is 1. The maximum Gasteiger partial charge on any atom is 0.0487 e. The molecule has 1 aromatic carbocycles. The Kier molecular flexibility index (Phi) is 3.53. The summed E-state index contributed by atoms with van der Waals surface area (Å²) in [6.07, 6.45) is 1.09. The summed E-state index contributed by atoms with van der Waals surface area (Å²) in [5.41, 5.74) is 4.12. The average molecular weight is 230 g/mol. The van der Waals surface area contributed by atoms with Gasteiger partial charge in [-0.1, -0.05) is 12.1 Å². The zero-order chi connectivity index (χ0) is 12.4. The average Bonchev–Trinajstić information content (AvgIpc) is 2.63. The maximum absolute atomic E-state index is 3.22. The number of aromatic nitrogens is 1. The van der Waals surface area contributed by atoms with Crippen molar-refractivity contribution in [2.24, 2.45) is 0 Å². The molecular formula is C15H22N2. The lowest BCUT2D eigenvalue weighted by Gasteiger charge is -2.15. The standard InChI is InChI=1S/C15H22N2/c1-11(2)17-14(7-8-16-4)10-13-6-5-12(3)9-15(13)17/h5-6,9-11,16H,7-8H2,1-4H3.